The molecule has 0 unspecified atom stereocenters. The highest BCUT2D eigenvalue weighted by atomic mass is 16.3. The van der Waals surface area contributed by atoms with Crippen LogP contribution in [0.1, 0.15) is 31.1 Å². The van der Waals surface area contributed by atoms with Crippen LogP contribution in [0.4, 0.5) is 5.69 Å². The van der Waals surface area contributed by atoms with Crippen LogP contribution in [-0.4, -0.2) is 10.6 Å². The Labute approximate surface area is 120 Å². The van der Waals surface area contributed by atoms with E-state index in [2.05, 4.69) is 5.32 Å². The molecule has 2 aromatic rings. The maximum Gasteiger partial charge on any atom is 0.0966 e. The lowest BCUT2D eigenvalue weighted by Crippen LogP contribution is -2.44. The molecule has 3 nitrogen and oxygen atoms in total. The molecule has 2 aromatic carbocycles. The molecule has 4 N–H and O–H groups in total. The van der Waals surface area contributed by atoms with Crippen molar-refractivity contribution in [3.05, 3.63) is 65.7 Å². The second-order valence-corrected chi connectivity index (χ2v) is 5.59. The fourth-order valence-electron chi connectivity index (χ4n) is 2.17. The Morgan fingerprint density at radius 1 is 1.05 bits per heavy atom. The predicted octanol–water partition coefficient (Wildman–Crippen LogP) is 2.87. The van der Waals surface area contributed by atoms with E-state index in [1.165, 1.54) is 0 Å². The van der Waals surface area contributed by atoms with Gasteiger partial charge in [-0.15, -0.1) is 0 Å². The molecule has 2 rings (SSSR count). The van der Waals surface area contributed by atoms with E-state index in [1.807, 2.05) is 68.4 Å². The summed E-state index contributed by atoms with van der Waals surface area (Å²) in [4.78, 5) is 0. The number of anilines is 1. The van der Waals surface area contributed by atoms with Crippen molar-refractivity contribution in [3.8, 4) is 0 Å². The first-order chi connectivity index (χ1) is 9.50. The molecule has 0 amide bonds. The lowest BCUT2D eigenvalue weighted by molar-refractivity contribution is 0.0792. The summed E-state index contributed by atoms with van der Waals surface area (Å²) in [6.45, 7) is 4.61. The number of nitrogens with one attached hydrogen (secondary N) is 1. The van der Waals surface area contributed by atoms with Crippen molar-refractivity contribution >= 4 is 5.69 Å². The van der Waals surface area contributed by atoms with Crippen molar-refractivity contribution in [1.82, 2.24) is 5.32 Å². The Balaban J connectivity index is 2.06. The predicted molar refractivity (Wildman–Crippen MR) is 83.2 cm³/mol. The highest BCUT2D eigenvalue weighted by Gasteiger charge is 2.28. The van der Waals surface area contributed by atoms with E-state index in [0.29, 0.717) is 6.54 Å². The SMILES string of the molecule is CC(C)(NCc1ccccc1N)[C@@H](O)c1ccccc1. The van der Waals surface area contributed by atoms with Crippen LogP contribution < -0.4 is 11.1 Å². The zero-order valence-electron chi connectivity index (χ0n) is 12.0. The second-order valence-electron chi connectivity index (χ2n) is 5.59. The summed E-state index contributed by atoms with van der Waals surface area (Å²) < 4.78 is 0. The molecular formula is C17H22N2O. The van der Waals surface area contributed by atoms with E-state index in [0.717, 1.165) is 16.8 Å². The maximum absolute atomic E-state index is 10.5. The molecule has 3 heteroatoms. The van der Waals surface area contributed by atoms with E-state index >= 15 is 0 Å². The molecule has 0 bridgehead atoms. The molecule has 0 aliphatic carbocycles. The first kappa shape index (κ1) is 14.6. The third-order valence-corrected chi connectivity index (χ3v) is 3.59. The van der Waals surface area contributed by atoms with Crippen LogP contribution in [0.25, 0.3) is 0 Å². The van der Waals surface area contributed by atoms with Gasteiger partial charge in [0, 0.05) is 17.8 Å². The van der Waals surface area contributed by atoms with Crippen LogP contribution in [0.15, 0.2) is 54.6 Å². The first-order valence-corrected chi connectivity index (χ1v) is 6.82. The Morgan fingerprint density at radius 2 is 1.65 bits per heavy atom. The molecule has 0 aliphatic heterocycles. The number of hydrogen-bond acceptors (Lipinski definition) is 3. The largest absolute Gasteiger partial charge is 0.398 e. The number of para-hydroxylation sites is 1. The van der Waals surface area contributed by atoms with Crippen LogP contribution in [0, 0.1) is 0 Å². The Hall–Kier alpha value is -1.84. The fraction of sp³-hybridized carbons (Fsp3) is 0.294. The average molecular weight is 270 g/mol. The summed E-state index contributed by atoms with van der Waals surface area (Å²) in [6, 6.07) is 17.5. The zero-order chi connectivity index (χ0) is 14.6. The summed E-state index contributed by atoms with van der Waals surface area (Å²) in [5.74, 6) is 0. The molecule has 0 saturated carbocycles. The van der Waals surface area contributed by atoms with E-state index < -0.39 is 11.6 Å². The molecule has 0 aliphatic rings. The van der Waals surface area contributed by atoms with Gasteiger partial charge in [-0.1, -0.05) is 48.5 Å². The highest BCUT2D eigenvalue weighted by molar-refractivity contribution is 5.46. The third-order valence-electron chi connectivity index (χ3n) is 3.59. The topological polar surface area (TPSA) is 58.3 Å². The minimum absolute atomic E-state index is 0.441. The molecule has 20 heavy (non-hydrogen) atoms. The summed E-state index contributed by atoms with van der Waals surface area (Å²) in [5, 5.41) is 13.9. The summed E-state index contributed by atoms with van der Waals surface area (Å²) >= 11 is 0. The Morgan fingerprint density at radius 3 is 2.30 bits per heavy atom. The number of nitrogen functional groups attached to an aromatic ring is 1. The maximum atomic E-state index is 10.5. The molecule has 0 spiro atoms. The van der Waals surface area contributed by atoms with Crippen molar-refractivity contribution < 1.29 is 5.11 Å². The van der Waals surface area contributed by atoms with E-state index in [4.69, 9.17) is 5.73 Å². The van der Waals surface area contributed by atoms with E-state index in [-0.39, 0.29) is 0 Å². The number of hydrogen-bond donors (Lipinski definition) is 3. The molecule has 0 heterocycles. The number of benzene rings is 2. The van der Waals surface area contributed by atoms with Gasteiger partial charge in [0.1, 0.15) is 0 Å². The zero-order valence-corrected chi connectivity index (χ0v) is 12.0. The fourth-order valence-corrected chi connectivity index (χ4v) is 2.17. The van der Waals surface area contributed by atoms with Crippen molar-refractivity contribution in [2.45, 2.75) is 32.0 Å². The van der Waals surface area contributed by atoms with Crippen molar-refractivity contribution in [3.63, 3.8) is 0 Å². The number of aliphatic hydroxyl groups is 1. The molecule has 106 valence electrons. The van der Waals surface area contributed by atoms with Crippen molar-refractivity contribution in [2.24, 2.45) is 0 Å². The molecule has 0 fully saturated rings. The van der Waals surface area contributed by atoms with Gasteiger partial charge in [-0.2, -0.15) is 0 Å². The van der Waals surface area contributed by atoms with Gasteiger partial charge in [0.2, 0.25) is 0 Å². The summed E-state index contributed by atoms with van der Waals surface area (Å²) in [6.07, 6.45) is -0.575. The third kappa shape index (κ3) is 3.38. The van der Waals surface area contributed by atoms with Gasteiger partial charge in [-0.3, -0.25) is 0 Å². The van der Waals surface area contributed by atoms with Crippen molar-refractivity contribution in [1.29, 1.82) is 0 Å². The highest BCUT2D eigenvalue weighted by Crippen LogP contribution is 2.26. The Bertz CT molecular complexity index is 552. The standard InChI is InChI=1S/C17H22N2O/c1-17(2,16(20)13-8-4-3-5-9-13)19-12-14-10-6-7-11-15(14)18/h3-11,16,19-20H,12,18H2,1-2H3/t16-/m0/s1. The lowest BCUT2D eigenvalue weighted by atomic mass is 9.91. The van der Waals surface area contributed by atoms with Crippen molar-refractivity contribution in [2.75, 3.05) is 5.73 Å². The van der Waals surface area contributed by atoms with Gasteiger partial charge >= 0.3 is 0 Å². The average Bonchev–Trinajstić information content (AvgIpc) is 2.46. The van der Waals surface area contributed by atoms with Gasteiger partial charge in [0.05, 0.1) is 6.10 Å². The van der Waals surface area contributed by atoms with Gasteiger partial charge in [-0.05, 0) is 31.0 Å². The van der Waals surface area contributed by atoms with Gasteiger partial charge < -0.3 is 16.2 Å². The molecule has 1 atom stereocenters. The molecular weight excluding hydrogens is 248 g/mol. The monoisotopic (exact) mass is 270 g/mol. The normalized spacial score (nSPS) is 13.2. The van der Waals surface area contributed by atoms with Crippen LogP contribution >= 0.6 is 0 Å². The van der Waals surface area contributed by atoms with Gasteiger partial charge in [-0.25, -0.2) is 0 Å². The molecule has 0 saturated heterocycles. The smallest absolute Gasteiger partial charge is 0.0966 e. The van der Waals surface area contributed by atoms with Crippen LogP contribution in [0.3, 0.4) is 0 Å². The van der Waals surface area contributed by atoms with Crippen LogP contribution in [0.2, 0.25) is 0 Å². The minimum atomic E-state index is -0.575. The van der Waals surface area contributed by atoms with Gasteiger partial charge in [0.15, 0.2) is 0 Å². The van der Waals surface area contributed by atoms with Crippen LogP contribution in [-0.2, 0) is 6.54 Å². The summed E-state index contributed by atoms with van der Waals surface area (Å²) in [7, 11) is 0. The van der Waals surface area contributed by atoms with Gasteiger partial charge in [0.25, 0.3) is 0 Å². The Kier molecular flexibility index (Phi) is 4.42. The van der Waals surface area contributed by atoms with E-state index in [1.54, 1.807) is 0 Å². The van der Waals surface area contributed by atoms with Crippen LogP contribution in [0.5, 0.6) is 0 Å². The van der Waals surface area contributed by atoms with E-state index in [9.17, 15) is 5.11 Å². The summed E-state index contributed by atoms with van der Waals surface area (Å²) in [5.41, 5.74) is 8.21. The second kappa shape index (κ2) is 6.07. The number of rotatable bonds is 5. The number of aliphatic hydroxyl groups excluding tert-OH is 1. The first-order valence-electron chi connectivity index (χ1n) is 6.82. The quantitative estimate of drug-likeness (QED) is 0.732. The minimum Gasteiger partial charge on any atom is -0.398 e. The molecule has 0 aromatic heterocycles. The number of nitrogens with two attached hydrogens (primary N) is 1. The lowest BCUT2D eigenvalue weighted by Gasteiger charge is -2.32. The molecule has 0 radical (unpaired) electrons.